The quantitative estimate of drug-likeness (QED) is 0.541. The van der Waals surface area contributed by atoms with E-state index in [-0.39, 0.29) is 6.04 Å². The lowest BCUT2D eigenvalue weighted by molar-refractivity contribution is -0.145. The van der Waals surface area contributed by atoms with Gasteiger partial charge in [-0.2, -0.15) is 0 Å². The van der Waals surface area contributed by atoms with E-state index in [1.807, 2.05) is 6.07 Å². The van der Waals surface area contributed by atoms with Crippen molar-refractivity contribution < 1.29 is 18.4 Å². The Labute approximate surface area is 178 Å². The van der Waals surface area contributed by atoms with E-state index >= 15 is 0 Å². The zero-order valence-corrected chi connectivity index (χ0v) is 16.8. The largest absolute Gasteiger partial charge is 0.371 e. The van der Waals surface area contributed by atoms with Gasteiger partial charge in [0, 0.05) is 23.7 Å². The summed E-state index contributed by atoms with van der Waals surface area (Å²) in [5.41, 5.74) is 2.24. The molecule has 2 aliphatic rings. The molecule has 2 atom stereocenters. The molecule has 0 bridgehead atoms. The highest BCUT2D eigenvalue weighted by Crippen LogP contribution is 2.34. The van der Waals surface area contributed by atoms with Gasteiger partial charge in [-0.3, -0.25) is 9.59 Å². The van der Waals surface area contributed by atoms with E-state index in [4.69, 9.17) is 0 Å². The van der Waals surface area contributed by atoms with Crippen LogP contribution in [0.3, 0.4) is 0 Å². The van der Waals surface area contributed by atoms with Crippen molar-refractivity contribution in [1.29, 1.82) is 0 Å². The highest BCUT2D eigenvalue weighted by Gasteiger charge is 2.50. The molecule has 2 aliphatic carbocycles. The Bertz CT molecular complexity index is 1140. The van der Waals surface area contributed by atoms with E-state index in [0.717, 1.165) is 37.8 Å². The Hall–Kier alpha value is -3.06. The standard InChI is InChI=1S/C24H23F2N3O2/c25-17-10-16-19(11-18(17)26)27-12-20(16)29-22-21(23(30)24(22)31)28-15-8-6-14(7-9-15)13-4-2-1-3-5-13/h1-5,10-12,14-15,21-22,27-29H,6-9H2. The van der Waals surface area contributed by atoms with Gasteiger partial charge in [0.25, 0.3) is 0 Å². The molecular formula is C24H23F2N3O2. The minimum Gasteiger partial charge on any atom is -0.371 e. The van der Waals surface area contributed by atoms with Crippen molar-refractivity contribution in [2.75, 3.05) is 5.32 Å². The second-order valence-corrected chi connectivity index (χ2v) is 8.47. The SMILES string of the molecule is O=C1C(=O)C(NC2CCC(c3ccccc3)CC2)C1Nc1c[nH]c2cc(F)c(F)cc12. The van der Waals surface area contributed by atoms with Crippen molar-refractivity contribution in [2.45, 2.75) is 49.7 Å². The predicted molar refractivity (Wildman–Crippen MR) is 114 cm³/mol. The number of carbonyl (C=O) groups is 2. The first kappa shape index (κ1) is 19.9. The normalized spacial score (nSPS) is 26.1. The fourth-order valence-corrected chi connectivity index (χ4v) is 4.81. The molecule has 31 heavy (non-hydrogen) atoms. The Morgan fingerprint density at radius 2 is 1.55 bits per heavy atom. The van der Waals surface area contributed by atoms with Gasteiger partial charge in [-0.25, -0.2) is 8.78 Å². The molecule has 0 spiro atoms. The fourth-order valence-electron chi connectivity index (χ4n) is 4.81. The van der Waals surface area contributed by atoms with Gasteiger partial charge in [0.15, 0.2) is 11.6 Å². The minimum atomic E-state index is -0.962. The van der Waals surface area contributed by atoms with Gasteiger partial charge in [0.1, 0.15) is 12.1 Å². The molecule has 7 heteroatoms. The molecule has 160 valence electrons. The molecule has 0 amide bonds. The molecule has 0 saturated heterocycles. The van der Waals surface area contributed by atoms with Crippen molar-refractivity contribution in [2.24, 2.45) is 0 Å². The summed E-state index contributed by atoms with van der Waals surface area (Å²) in [5.74, 6) is -2.31. The average molecular weight is 423 g/mol. The summed E-state index contributed by atoms with van der Waals surface area (Å²) < 4.78 is 27.1. The lowest BCUT2D eigenvalue weighted by Crippen LogP contribution is -2.68. The van der Waals surface area contributed by atoms with Crippen LogP contribution >= 0.6 is 0 Å². The molecule has 1 aromatic heterocycles. The molecule has 3 N–H and O–H groups in total. The second kappa shape index (κ2) is 7.89. The van der Waals surface area contributed by atoms with Crippen LogP contribution in [0, 0.1) is 11.6 Å². The number of ketones is 2. The highest BCUT2D eigenvalue weighted by molar-refractivity contribution is 6.49. The summed E-state index contributed by atoms with van der Waals surface area (Å²) in [6.07, 6.45) is 5.48. The Morgan fingerprint density at radius 1 is 0.871 bits per heavy atom. The second-order valence-electron chi connectivity index (χ2n) is 8.47. The summed E-state index contributed by atoms with van der Waals surface area (Å²) in [7, 11) is 0. The molecule has 2 saturated carbocycles. The van der Waals surface area contributed by atoms with Gasteiger partial charge < -0.3 is 15.6 Å². The van der Waals surface area contributed by atoms with Gasteiger partial charge in [0.05, 0.1) is 11.2 Å². The van der Waals surface area contributed by atoms with Crippen LogP contribution in [0.25, 0.3) is 10.9 Å². The maximum Gasteiger partial charge on any atom is 0.224 e. The number of halogens is 2. The molecule has 2 unspecified atom stereocenters. The van der Waals surface area contributed by atoms with Gasteiger partial charge in [-0.05, 0) is 43.2 Å². The van der Waals surface area contributed by atoms with E-state index in [9.17, 15) is 18.4 Å². The minimum absolute atomic E-state index is 0.167. The molecule has 0 aliphatic heterocycles. The smallest absolute Gasteiger partial charge is 0.224 e. The summed E-state index contributed by atoms with van der Waals surface area (Å²) in [6, 6.07) is 11.4. The van der Waals surface area contributed by atoms with Crippen LogP contribution in [-0.4, -0.2) is 34.7 Å². The van der Waals surface area contributed by atoms with Crippen LogP contribution in [0.2, 0.25) is 0 Å². The first-order valence-corrected chi connectivity index (χ1v) is 10.6. The van der Waals surface area contributed by atoms with Gasteiger partial charge in [-0.15, -0.1) is 0 Å². The topological polar surface area (TPSA) is 74.0 Å². The molecule has 5 rings (SSSR count). The highest BCUT2D eigenvalue weighted by atomic mass is 19.2. The Morgan fingerprint density at radius 3 is 2.29 bits per heavy atom. The molecule has 1 heterocycles. The third-order valence-electron chi connectivity index (χ3n) is 6.59. The van der Waals surface area contributed by atoms with Crippen molar-refractivity contribution in [3.8, 4) is 0 Å². The number of fused-ring (bicyclic) bond motifs is 1. The lowest BCUT2D eigenvalue weighted by atomic mass is 9.78. The van der Waals surface area contributed by atoms with Crippen LogP contribution < -0.4 is 10.6 Å². The molecule has 2 aromatic carbocycles. The maximum atomic E-state index is 13.7. The lowest BCUT2D eigenvalue weighted by Gasteiger charge is -2.39. The van der Waals surface area contributed by atoms with Crippen LogP contribution in [0.5, 0.6) is 0 Å². The number of hydrogen-bond acceptors (Lipinski definition) is 4. The summed E-state index contributed by atoms with van der Waals surface area (Å²) in [5, 5.41) is 6.85. The van der Waals surface area contributed by atoms with Crippen LogP contribution in [0.15, 0.2) is 48.7 Å². The van der Waals surface area contributed by atoms with Gasteiger partial charge in [-0.1, -0.05) is 30.3 Å². The zero-order chi connectivity index (χ0) is 21.5. The van der Waals surface area contributed by atoms with Crippen LogP contribution in [0.4, 0.5) is 14.5 Å². The van der Waals surface area contributed by atoms with Crippen LogP contribution in [-0.2, 0) is 9.59 Å². The van der Waals surface area contributed by atoms with E-state index in [0.29, 0.717) is 22.5 Å². The fraction of sp³-hybridized carbons (Fsp3) is 0.333. The molecule has 0 radical (unpaired) electrons. The van der Waals surface area contributed by atoms with Crippen molar-refractivity contribution in [3.05, 3.63) is 65.9 Å². The molecular weight excluding hydrogens is 400 g/mol. The third kappa shape index (κ3) is 3.63. The van der Waals surface area contributed by atoms with E-state index in [1.165, 1.54) is 5.56 Å². The number of nitrogens with one attached hydrogen (secondary N) is 3. The number of rotatable bonds is 5. The summed E-state index contributed by atoms with van der Waals surface area (Å²) in [6.45, 7) is 0. The van der Waals surface area contributed by atoms with Gasteiger partial charge in [0.2, 0.25) is 11.6 Å². The Kier molecular flexibility index (Phi) is 5.06. The van der Waals surface area contributed by atoms with E-state index in [1.54, 1.807) is 6.20 Å². The van der Waals surface area contributed by atoms with Crippen LogP contribution in [0.1, 0.15) is 37.2 Å². The number of aromatic nitrogens is 1. The number of aromatic amines is 1. The summed E-state index contributed by atoms with van der Waals surface area (Å²) in [4.78, 5) is 27.4. The van der Waals surface area contributed by atoms with Gasteiger partial charge >= 0.3 is 0 Å². The first-order valence-electron chi connectivity index (χ1n) is 10.6. The predicted octanol–water partition coefficient (Wildman–Crippen LogP) is 4.06. The number of Topliss-reactive ketones (excluding diaryl/α,β-unsaturated/α-hetero) is 2. The molecule has 5 nitrogen and oxygen atoms in total. The maximum absolute atomic E-state index is 13.7. The average Bonchev–Trinajstić information content (AvgIpc) is 3.18. The number of benzene rings is 2. The Balaban J connectivity index is 1.25. The number of carbonyl (C=O) groups excluding carboxylic acids is 2. The number of H-pyrrole nitrogens is 1. The monoisotopic (exact) mass is 423 g/mol. The zero-order valence-electron chi connectivity index (χ0n) is 16.8. The van der Waals surface area contributed by atoms with E-state index < -0.39 is 35.3 Å². The number of anilines is 1. The van der Waals surface area contributed by atoms with Crippen molar-refractivity contribution in [3.63, 3.8) is 0 Å². The van der Waals surface area contributed by atoms with E-state index in [2.05, 4.69) is 39.9 Å². The molecule has 3 aromatic rings. The summed E-state index contributed by atoms with van der Waals surface area (Å²) >= 11 is 0. The first-order chi connectivity index (χ1) is 15.0. The van der Waals surface area contributed by atoms with Crippen molar-refractivity contribution in [1.82, 2.24) is 10.3 Å². The van der Waals surface area contributed by atoms with Crippen molar-refractivity contribution >= 4 is 28.2 Å². The number of hydrogen-bond donors (Lipinski definition) is 3. The molecule has 2 fully saturated rings. The third-order valence-corrected chi connectivity index (χ3v) is 6.59.